The molecule has 0 saturated heterocycles. The molecule has 0 amide bonds. The lowest BCUT2D eigenvalue weighted by molar-refractivity contribution is 0.427. The van der Waals surface area contributed by atoms with Crippen molar-refractivity contribution in [3.05, 3.63) is 52.9 Å². The van der Waals surface area contributed by atoms with Crippen molar-refractivity contribution < 1.29 is 9.13 Å². The Hall–Kier alpha value is -1.32. The Morgan fingerprint density at radius 3 is 2.71 bits per heavy atom. The molecule has 0 unspecified atom stereocenters. The maximum Gasteiger partial charge on any atom is 0.219 e. The summed E-state index contributed by atoms with van der Waals surface area (Å²) >= 11 is 11.3. The van der Waals surface area contributed by atoms with Crippen LogP contribution in [-0.2, 0) is 5.88 Å². The van der Waals surface area contributed by atoms with Gasteiger partial charge in [0.2, 0.25) is 5.88 Å². The molecule has 0 saturated carbocycles. The Kier molecular flexibility index (Phi) is 3.82. The van der Waals surface area contributed by atoms with Crippen molar-refractivity contribution in [2.24, 2.45) is 0 Å². The molecule has 0 bridgehead atoms. The van der Waals surface area contributed by atoms with Gasteiger partial charge in [-0.1, -0.05) is 23.7 Å². The maximum absolute atomic E-state index is 13.5. The van der Waals surface area contributed by atoms with Gasteiger partial charge in [0, 0.05) is 18.1 Å². The zero-order valence-electron chi connectivity index (χ0n) is 8.66. The summed E-state index contributed by atoms with van der Waals surface area (Å²) in [4.78, 5) is 4.00. The number of hydrogen-bond acceptors (Lipinski definition) is 2. The fourth-order valence-corrected chi connectivity index (χ4v) is 1.55. The first kappa shape index (κ1) is 12.1. The standard InChI is InChI=1S/C12H8Cl2FNO/c13-6-8-4-5-11(16-7-8)17-10-3-1-2-9(14)12(10)15/h1-5,7H,6H2. The summed E-state index contributed by atoms with van der Waals surface area (Å²) in [5, 5.41) is 0.0138. The minimum atomic E-state index is -0.600. The lowest BCUT2D eigenvalue weighted by Gasteiger charge is -2.06. The number of aromatic nitrogens is 1. The molecule has 1 heterocycles. The highest BCUT2D eigenvalue weighted by molar-refractivity contribution is 6.30. The van der Waals surface area contributed by atoms with Crippen LogP contribution in [0.25, 0.3) is 0 Å². The molecule has 0 atom stereocenters. The van der Waals surface area contributed by atoms with Crippen molar-refractivity contribution in [2.75, 3.05) is 0 Å². The summed E-state index contributed by atoms with van der Waals surface area (Å²) in [6.45, 7) is 0. The van der Waals surface area contributed by atoms with E-state index in [1.165, 1.54) is 12.1 Å². The van der Waals surface area contributed by atoms with Gasteiger partial charge in [0.25, 0.3) is 0 Å². The summed E-state index contributed by atoms with van der Waals surface area (Å²) in [6.07, 6.45) is 1.57. The van der Waals surface area contributed by atoms with Gasteiger partial charge in [-0.15, -0.1) is 11.6 Å². The van der Waals surface area contributed by atoms with Gasteiger partial charge in [-0.2, -0.15) is 0 Å². The van der Waals surface area contributed by atoms with Crippen molar-refractivity contribution >= 4 is 23.2 Å². The minimum absolute atomic E-state index is 0.0138. The van der Waals surface area contributed by atoms with Crippen molar-refractivity contribution in [1.29, 1.82) is 0 Å². The van der Waals surface area contributed by atoms with Gasteiger partial charge in [-0.05, 0) is 17.7 Å². The van der Waals surface area contributed by atoms with Gasteiger partial charge in [-0.25, -0.2) is 9.37 Å². The van der Waals surface area contributed by atoms with Crippen molar-refractivity contribution in [1.82, 2.24) is 4.98 Å². The molecule has 0 N–H and O–H groups in total. The lowest BCUT2D eigenvalue weighted by Crippen LogP contribution is -1.92. The van der Waals surface area contributed by atoms with E-state index >= 15 is 0 Å². The molecule has 2 aromatic rings. The highest BCUT2D eigenvalue weighted by Gasteiger charge is 2.08. The molecule has 0 radical (unpaired) electrons. The molecule has 1 aromatic carbocycles. The fourth-order valence-electron chi connectivity index (χ4n) is 1.23. The number of pyridine rings is 1. The highest BCUT2D eigenvalue weighted by atomic mass is 35.5. The zero-order chi connectivity index (χ0) is 12.3. The van der Waals surface area contributed by atoms with Crippen LogP contribution >= 0.6 is 23.2 Å². The number of ether oxygens (including phenoxy) is 1. The normalized spacial score (nSPS) is 10.3. The summed E-state index contributed by atoms with van der Waals surface area (Å²) in [7, 11) is 0. The van der Waals surface area contributed by atoms with E-state index in [2.05, 4.69) is 4.98 Å². The molecule has 0 aliphatic heterocycles. The summed E-state index contributed by atoms with van der Waals surface area (Å²) in [5.41, 5.74) is 0.866. The maximum atomic E-state index is 13.5. The van der Waals surface area contributed by atoms with Crippen LogP contribution in [0.1, 0.15) is 5.56 Å². The number of hydrogen-bond donors (Lipinski definition) is 0. The van der Waals surface area contributed by atoms with E-state index in [4.69, 9.17) is 27.9 Å². The molecule has 0 aliphatic rings. The number of benzene rings is 1. The smallest absolute Gasteiger partial charge is 0.219 e. The first-order valence-electron chi connectivity index (χ1n) is 4.83. The van der Waals surface area contributed by atoms with E-state index in [1.807, 2.05) is 0 Å². The van der Waals surface area contributed by atoms with E-state index in [0.29, 0.717) is 11.8 Å². The predicted octanol–water partition coefficient (Wildman–Crippen LogP) is 4.41. The first-order chi connectivity index (χ1) is 8.20. The van der Waals surface area contributed by atoms with Crippen molar-refractivity contribution in [2.45, 2.75) is 5.88 Å². The quantitative estimate of drug-likeness (QED) is 0.772. The topological polar surface area (TPSA) is 22.1 Å². The van der Waals surface area contributed by atoms with Crippen LogP contribution in [0.15, 0.2) is 36.5 Å². The predicted molar refractivity (Wildman–Crippen MR) is 65.3 cm³/mol. The number of rotatable bonds is 3. The third-order valence-electron chi connectivity index (χ3n) is 2.08. The van der Waals surface area contributed by atoms with Gasteiger partial charge in [0.15, 0.2) is 11.6 Å². The van der Waals surface area contributed by atoms with E-state index in [0.717, 1.165) is 5.56 Å². The van der Waals surface area contributed by atoms with Gasteiger partial charge in [-0.3, -0.25) is 0 Å². The number of nitrogens with zero attached hydrogens (tertiary/aromatic N) is 1. The Bertz CT molecular complexity index is 516. The third kappa shape index (κ3) is 2.87. The number of alkyl halides is 1. The molecule has 1 aromatic heterocycles. The molecule has 5 heteroatoms. The van der Waals surface area contributed by atoms with Crippen LogP contribution < -0.4 is 4.74 Å². The van der Waals surface area contributed by atoms with E-state index in [-0.39, 0.29) is 10.8 Å². The van der Waals surface area contributed by atoms with Crippen molar-refractivity contribution in [3.8, 4) is 11.6 Å². The lowest BCUT2D eigenvalue weighted by atomic mass is 10.3. The molecule has 0 fully saturated rings. The summed E-state index contributed by atoms with van der Waals surface area (Å²) < 4.78 is 18.8. The van der Waals surface area contributed by atoms with Crippen LogP contribution in [0, 0.1) is 5.82 Å². The van der Waals surface area contributed by atoms with Crippen LogP contribution in [0.3, 0.4) is 0 Å². The summed E-state index contributed by atoms with van der Waals surface area (Å²) in [6, 6.07) is 7.93. The minimum Gasteiger partial charge on any atom is -0.436 e. The Labute approximate surface area is 108 Å². The van der Waals surface area contributed by atoms with Gasteiger partial charge >= 0.3 is 0 Å². The van der Waals surface area contributed by atoms with E-state index < -0.39 is 5.82 Å². The van der Waals surface area contributed by atoms with E-state index in [9.17, 15) is 4.39 Å². The average molecular weight is 272 g/mol. The second kappa shape index (κ2) is 5.34. The number of halogens is 3. The van der Waals surface area contributed by atoms with Crippen LogP contribution in [0.4, 0.5) is 4.39 Å². The molecule has 2 nitrogen and oxygen atoms in total. The molecule has 2 rings (SSSR count). The SMILES string of the molecule is Fc1c(Cl)cccc1Oc1ccc(CCl)cn1. The molecule has 17 heavy (non-hydrogen) atoms. The van der Waals surface area contributed by atoms with Crippen LogP contribution in [-0.4, -0.2) is 4.98 Å². The Morgan fingerprint density at radius 1 is 1.24 bits per heavy atom. The molecule has 0 aliphatic carbocycles. The largest absolute Gasteiger partial charge is 0.436 e. The second-order valence-corrected chi connectivity index (χ2v) is 3.97. The highest BCUT2D eigenvalue weighted by Crippen LogP contribution is 2.27. The molecule has 88 valence electrons. The van der Waals surface area contributed by atoms with E-state index in [1.54, 1.807) is 24.4 Å². The van der Waals surface area contributed by atoms with Gasteiger partial charge < -0.3 is 4.74 Å². The fraction of sp³-hybridized carbons (Fsp3) is 0.0833. The Morgan fingerprint density at radius 2 is 2.06 bits per heavy atom. The average Bonchev–Trinajstić information content (AvgIpc) is 2.36. The monoisotopic (exact) mass is 271 g/mol. The molecular weight excluding hydrogens is 264 g/mol. The summed E-state index contributed by atoms with van der Waals surface area (Å²) in [5.74, 6) is 0.111. The molecular formula is C12H8Cl2FNO. The second-order valence-electron chi connectivity index (χ2n) is 3.29. The van der Waals surface area contributed by atoms with Crippen LogP contribution in [0.2, 0.25) is 5.02 Å². The first-order valence-corrected chi connectivity index (χ1v) is 5.74. The van der Waals surface area contributed by atoms with Gasteiger partial charge in [0.05, 0.1) is 5.02 Å². The van der Waals surface area contributed by atoms with Crippen LogP contribution in [0.5, 0.6) is 11.6 Å². The van der Waals surface area contributed by atoms with Gasteiger partial charge in [0.1, 0.15) is 0 Å². The molecule has 0 spiro atoms. The third-order valence-corrected chi connectivity index (χ3v) is 2.68. The Balaban J connectivity index is 2.22. The zero-order valence-corrected chi connectivity index (χ0v) is 10.2. The van der Waals surface area contributed by atoms with Crippen molar-refractivity contribution in [3.63, 3.8) is 0 Å².